The highest BCUT2D eigenvalue weighted by Crippen LogP contribution is 2.47. The smallest absolute Gasteiger partial charge is 0.264 e. The number of benzene rings is 2. The number of carbonyl (C=O) groups excluding carboxylic acids is 1. The van der Waals surface area contributed by atoms with Gasteiger partial charge in [-0.05, 0) is 92.3 Å². The van der Waals surface area contributed by atoms with Gasteiger partial charge >= 0.3 is 0 Å². The number of aryl methyl sites for hydroxylation is 1. The van der Waals surface area contributed by atoms with Crippen molar-refractivity contribution in [2.75, 3.05) is 38.3 Å². The summed E-state index contributed by atoms with van der Waals surface area (Å²) in [6.07, 6.45) is 7.91. The predicted octanol–water partition coefficient (Wildman–Crippen LogP) is 4.63. The van der Waals surface area contributed by atoms with Gasteiger partial charge in [0.1, 0.15) is 11.9 Å². The van der Waals surface area contributed by atoms with E-state index in [0.29, 0.717) is 30.7 Å². The summed E-state index contributed by atoms with van der Waals surface area (Å²) >= 11 is 6.38. The van der Waals surface area contributed by atoms with Gasteiger partial charge < -0.3 is 19.1 Å². The number of hydrogen-bond acceptors (Lipinski definition) is 7. The second-order valence-corrected chi connectivity index (χ2v) is 13.9. The molecule has 0 saturated heterocycles. The van der Waals surface area contributed by atoms with Crippen LogP contribution in [0.25, 0.3) is 0 Å². The second-order valence-electron chi connectivity index (χ2n) is 11.8. The summed E-state index contributed by atoms with van der Waals surface area (Å²) in [5.41, 5.74) is 2.97. The molecule has 0 aromatic heterocycles. The SMILES string of the molecule is CO[C@@H]1/C=C/CO[C@H](C)C(=O)NS(=O)(=O)c2ccc3c(c2)N(C[C@@H]2CC[C@H]21)C[C@@]1(CCCc2cc(Cl)ccc21)CO3. The summed E-state index contributed by atoms with van der Waals surface area (Å²) in [5, 5.41) is 0.733. The molecule has 1 amide bonds. The minimum absolute atomic E-state index is 0.0177. The third kappa shape index (κ3) is 5.49. The van der Waals surface area contributed by atoms with Crippen LogP contribution in [-0.4, -0.2) is 59.9 Å². The molecule has 6 rings (SSSR count). The first-order chi connectivity index (χ1) is 19.7. The van der Waals surface area contributed by atoms with Crippen LogP contribution in [0.5, 0.6) is 5.75 Å². The number of nitrogens with one attached hydrogen (secondary N) is 1. The van der Waals surface area contributed by atoms with Crippen LogP contribution in [0, 0.1) is 11.8 Å². The third-order valence-electron chi connectivity index (χ3n) is 9.32. The number of halogens is 1. The maximum atomic E-state index is 13.3. The first-order valence-corrected chi connectivity index (χ1v) is 16.2. The molecule has 2 bridgehead atoms. The Labute approximate surface area is 247 Å². The van der Waals surface area contributed by atoms with E-state index in [1.54, 1.807) is 26.2 Å². The summed E-state index contributed by atoms with van der Waals surface area (Å²) in [4.78, 5) is 15.1. The molecule has 41 heavy (non-hydrogen) atoms. The van der Waals surface area contributed by atoms with Gasteiger partial charge in [-0.1, -0.05) is 29.8 Å². The molecule has 2 heterocycles. The molecule has 220 valence electrons. The number of methoxy groups -OCH3 is 1. The molecule has 5 atom stereocenters. The monoisotopic (exact) mass is 600 g/mol. The summed E-state index contributed by atoms with van der Waals surface area (Å²) in [7, 11) is -2.40. The maximum absolute atomic E-state index is 13.3. The second kappa shape index (κ2) is 11.2. The number of amides is 1. The van der Waals surface area contributed by atoms with Crippen molar-refractivity contribution in [3.8, 4) is 5.75 Å². The minimum atomic E-state index is -4.13. The maximum Gasteiger partial charge on any atom is 0.264 e. The molecular formula is C31H37ClN2O6S. The van der Waals surface area contributed by atoms with Gasteiger partial charge in [0.15, 0.2) is 0 Å². The van der Waals surface area contributed by atoms with Crippen molar-refractivity contribution in [1.82, 2.24) is 4.72 Å². The van der Waals surface area contributed by atoms with E-state index in [9.17, 15) is 13.2 Å². The molecule has 0 unspecified atom stereocenters. The Morgan fingerprint density at radius 2 is 2.02 bits per heavy atom. The summed E-state index contributed by atoms with van der Waals surface area (Å²) < 4.78 is 46.9. The normalized spacial score (nSPS) is 32.0. The number of fused-ring (bicyclic) bond motifs is 4. The highest BCUT2D eigenvalue weighted by molar-refractivity contribution is 7.90. The van der Waals surface area contributed by atoms with Gasteiger partial charge in [0, 0.05) is 30.6 Å². The lowest BCUT2D eigenvalue weighted by atomic mass is 9.68. The minimum Gasteiger partial charge on any atom is -0.490 e. The van der Waals surface area contributed by atoms with Crippen molar-refractivity contribution in [1.29, 1.82) is 0 Å². The largest absolute Gasteiger partial charge is 0.490 e. The molecule has 1 spiro atoms. The number of carbonyl (C=O) groups is 1. The lowest BCUT2D eigenvalue weighted by Crippen LogP contribution is -2.49. The van der Waals surface area contributed by atoms with E-state index in [1.807, 2.05) is 18.2 Å². The number of hydrogen-bond donors (Lipinski definition) is 1. The predicted molar refractivity (Wildman–Crippen MR) is 157 cm³/mol. The Balaban J connectivity index is 1.44. The first-order valence-electron chi connectivity index (χ1n) is 14.4. The molecule has 1 N–H and O–H groups in total. The van der Waals surface area contributed by atoms with Gasteiger partial charge in [-0.25, -0.2) is 13.1 Å². The summed E-state index contributed by atoms with van der Waals surface area (Å²) in [5.74, 6) is 0.601. The fourth-order valence-electron chi connectivity index (χ4n) is 6.93. The Bertz CT molecular complexity index is 1460. The zero-order chi connectivity index (χ0) is 28.8. The van der Waals surface area contributed by atoms with Gasteiger partial charge in [0.25, 0.3) is 15.9 Å². The van der Waals surface area contributed by atoms with Crippen molar-refractivity contribution in [2.24, 2.45) is 11.8 Å². The fourth-order valence-corrected chi connectivity index (χ4v) is 8.19. The third-order valence-corrected chi connectivity index (χ3v) is 10.9. The van der Waals surface area contributed by atoms with Crippen LogP contribution in [0.3, 0.4) is 0 Å². The molecule has 10 heteroatoms. The lowest BCUT2D eigenvalue weighted by molar-refractivity contribution is -0.129. The number of anilines is 1. The Hall–Kier alpha value is -2.59. The molecule has 2 aromatic carbocycles. The first kappa shape index (κ1) is 28.5. The van der Waals surface area contributed by atoms with Gasteiger partial charge in [0.05, 0.1) is 29.9 Å². The van der Waals surface area contributed by atoms with Crippen LogP contribution in [-0.2, 0) is 36.1 Å². The fraction of sp³-hybridized carbons (Fsp3) is 0.516. The van der Waals surface area contributed by atoms with Gasteiger partial charge in [0.2, 0.25) is 0 Å². The molecule has 2 aliphatic carbocycles. The molecule has 2 aliphatic heterocycles. The lowest BCUT2D eigenvalue weighted by Gasteiger charge is -2.46. The van der Waals surface area contributed by atoms with Crippen molar-refractivity contribution >= 4 is 33.2 Å². The van der Waals surface area contributed by atoms with E-state index >= 15 is 0 Å². The Morgan fingerprint density at radius 1 is 1.17 bits per heavy atom. The number of sulfonamides is 1. The molecule has 0 radical (unpaired) electrons. The van der Waals surface area contributed by atoms with E-state index in [0.717, 1.165) is 49.4 Å². The van der Waals surface area contributed by atoms with Gasteiger partial charge in [-0.3, -0.25) is 4.79 Å². The van der Waals surface area contributed by atoms with Crippen molar-refractivity contribution in [3.05, 3.63) is 64.7 Å². The van der Waals surface area contributed by atoms with E-state index in [-0.39, 0.29) is 23.0 Å². The van der Waals surface area contributed by atoms with E-state index in [1.165, 1.54) is 17.2 Å². The van der Waals surface area contributed by atoms with Crippen LogP contribution >= 0.6 is 11.6 Å². The van der Waals surface area contributed by atoms with Crippen LogP contribution in [0.4, 0.5) is 5.69 Å². The highest BCUT2D eigenvalue weighted by atomic mass is 35.5. The van der Waals surface area contributed by atoms with Crippen LogP contribution < -0.4 is 14.4 Å². The van der Waals surface area contributed by atoms with E-state index in [4.69, 9.17) is 25.8 Å². The molecule has 1 fully saturated rings. The van der Waals surface area contributed by atoms with Crippen molar-refractivity contribution < 1.29 is 27.4 Å². The van der Waals surface area contributed by atoms with Crippen molar-refractivity contribution in [2.45, 2.75) is 61.5 Å². The average Bonchev–Trinajstić information content (AvgIpc) is 3.08. The van der Waals surface area contributed by atoms with Crippen LogP contribution in [0.1, 0.15) is 43.7 Å². The van der Waals surface area contributed by atoms with Crippen molar-refractivity contribution in [3.63, 3.8) is 0 Å². The molecule has 2 aromatic rings. The number of ether oxygens (including phenoxy) is 3. The Kier molecular flexibility index (Phi) is 7.82. The van der Waals surface area contributed by atoms with Crippen LogP contribution in [0.15, 0.2) is 53.4 Å². The molecule has 1 saturated carbocycles. The number of rotatable bonds is 1. The van der Waals surface area contributed by atoms with Gasteiger partial charge in [-0.15, -0.1) is 0 Å². The molecule has 4 aliphatic rings. The zero-order valence-corrected chi connectivity index (χ0v) is 25.0. The highest BCUT2D eigenvalue weighted by Gasteiger charge is 2.44. The zero-order valence-electron chi connectivity index (χ0n) is 23.5. The summed E-state index contributed by atoms with van der Waals surface area (Å²) in [6, 6.07) is 11.0. The van der Waals surface area contributed by atoms with Crippen LogP contribution in [0.2, 0.25) is 5.02 Å². The summed E-state index contributed by atoms with van der Waals surface area (Å²) in [6.45, 7) is 3.63. The number of nitrogens with zero attached hydrogens (tertiary/aromatic N) is 1. The van der Waals surface area contributed by atoms with Gasteiger partial charge in [-0.2, -0.15) is 0 Å². The molecule has 8 nitrogen and oxygen atoms in total. The van der Waals surface area contributed by atoms with E-state index < -0.39 is 22.0 Å². The topological polar surface area (TPSA) is 94.2 Å². The standard InChI is InChI=1S/C31H37ClN2O6S/c1-20-30(35)33-41(36,37)24-9-12-29-27(16-24)34(17-22-7-10-25(22)28(38-2)6-4-14-39-20)18-31(19-40-29)13-3-5-21-15-23(32)8-11-26(21)31/h4,6,8-9,11-12,15-16,20,22,25,28H,3,5,7,10,13-14,17-19H2,1-2H3,(H,33,35)/b6-4+/t20-,22+,25-,28-,31+/m1/s1. The average molecular weight is 601 g/mol. The quantitative estimate of drug-likeness (QED) is 0.477. The Morgan fingerprint density at radius 3 is 2.80 bits per heavy atom. The van der Waals surface area contributed by atoms with E-state index in [2.05, 4.69) is 21.8 Å². The molecular weight excluding hydrogens is 564 g/mol.